The van der Waals surface area contributed by atoms with Crippen LogP contribution in [0.3, 0.4) is 0 Å². The van der Waals surface area contributed by atoms with Gasteiger partial charge in [0.25, 0.3) is 0 Å². The van der Waals surface area contributed by atoms with Crippen molar-refractivity contribution in [2.24, 2.45) is 0 Å². The zero-order valence-electron chi connectivity index (χ0n) is 13.9. The summed E-state index contributed by atoms with van der Waals surface area (Å²) in [5, 5.41) is 0. The summed E-state index contributed by atoms with van der Waals surface area (Å²) in [7, 11) is 3.28. The molecule has 3 aromatic rings. The van der Waals surface area contributed by atoms with E-state index in [-0.39, 0.29) is 5.95 Å². The number of nitrogen functional groups attached to an aromatic ring is 1. The molecule has 0 bridgehead atoms. The Hall–Kier alpha value is -2.35. The van der Waals surface area contributed by atoms with E-state index in [1.165, 1.54) is 0 Å². The maximum atomic E-state index is 5.77. The summed E-state index contributed by atoms with van der Waals surface area (Å²) in [5.74, 6) is 1.75. The van der Waals surface area contributed by atoms with Gasteiger partial charge < -0.3 is 19.8 Å². The monoisotopic (exact) mass is 391 g/mol. The van der Waals surface area contributed by atoms with Gasteiger partial charge >= 0.3 is 0 Å². The second-order valence-electron chi connectivity index (χ2n) is 5.42. The summed E-state index contributed by atoms with van der Waals surface area (Å²) in [6.07, 6.45) is 1.73. The van der Waals surface area contributed by atoms with Gasteiger partial charge in [-0.3, -0.25) is 0 Å². The normalized spacial score (nSPS) is 11.0. The number of aromatic nitrogens is 4. The molecule has 0 atom stereocenters. The van der Waals surface area contributed by atoms with Gasteiger partial charge in [0.2, 0.25) is 5.95 Å². The van der Waals surface area contributed by atoms with Crippen LogP contribution in [0.2, 0.25) is 0 Å². The third-order valence-electron chi connectivity index (χ3n) is 3.92. The number of aryl methyl sites for hydroxylation is 1. The molecule has 2 aromatic heterocycles. The summed E-state index contributed by atoms with van der Waals surface area (Å²) in [5.41, 5.74) is 9.90. The Kier molecular flexibility index (Phi) is 4.31. The summed E-state index contributed by atoms with van der Waals surface area (Å²) < 4.78 is 13.8. The molecule has 0 radical (unpaired) electrons. The number of fused-ring (bicyclic) bond motifs is 1. The van der Waals surface area contributed by atoms with E-state index in [0.29, 0.717) is 12.2 Å². The Morgan fingerprint density at radius 1 is 1.21 bits per heavy atom. The number of ether oxygens (including phenoxy) is 2. The number of imidazole rings is 1. The predicted octanol–water partition coefficient (Wildman–Crippen LogP) is 2.85. The van der Waals surface area contributed by atoms with Crippen LogP contribution in [0.4, 0.5) is 5.95 Å². The first-order valence-electron chi connectivity index (χ1n) is 7.31. The lowest BCUT2D eigenvalue weighted by Crippen LogP contribution is -2.05. The fraction of sp³-hybridized carbons (Fsp3) is 0.312. The van der Waals surface area contributed by atoms with Gasteiger partial charge in [-0.25, -0.2) is 9.97 Å². The number of methoxy groups -OCH3 is 2. The molecule has 0 aliphatic carbocycles. The minimum absolute atomic E-state index is 0.236. The fourth-order valence-corrected chi connectivity index (χ4v) is 3.43. The molecule has 2 N–H and O–H groups in total. The highest BCUT2D eigenvalue weighted by atomic mass is 79.9. The molecule has 1 aromatic carbocycles. The van der Waals surface area contributed by atoms with Crippen molar-refractivity contribution in [2.45, 2.75) is 20.4 Å². The number of hydrogen-bond donors (Lipinski definition) is 1. The first kappa shape index (κ1) is 16.5. The smallest absolute Gasteiger partial charge is 0.222 e. The Balaban J connectivity index is 2.12. The second kappa shape index (κ2) is 6.27. The highest BCUT2D eigenvalue weighted by Crippen LogP contribution is 2.38. The summed E-state index contributed by atoms with van der Waals surface area (Å²) in [4.78, 5) is 12.9. The lowest BCUT2D eigenvalue weighted by Gasteiger charge is -2.16. The molecule has 0 spiro atoms. The maximum absolute atomic E-state index is 5.77. The largest absolute Gasteiger partial charge is 0.496 e. The van der Waals surface area contributed by atoms with Crippen molar-refractivity contribution >= 4 is 33.0 Å². The number of benzene rings is 1. The van der Waals surface area contributed by atoms with Crippen molar-refractivity contribution in [2.75, 3.05) is 20.0 Å². The summed E-state index contributed by atoms with van der Waals surface area (Å²) in [6, 6.07) is 1.98. The topological polar surface area (TPSA) is 88.1 Å². The molecule has 7 nitrogen and oxygen atoms in total. The molecule has 0 fully saturated rings. The van der Waals surface area contributed by atoms with Crippen molar-refractivity contribution in [1.82, 2.24) is 19.5 Å². The number of nitrogens with zero attached hydrogens (tertiary/aromatic N) is 4. The van der Waals surface area contributed by atoms with Gasteiger partial charge in [0, 0.05) is 5.56 Å². The van der Waals surface area contributed by atoms with Gasteiger partial charge in [0.15, 0.2) is 5.65 Å². The van der Waals surface area contributed by atoms with Crippen molar-refractivity contribution in [1.29, 1.82) is 0 Å². The SMILES string of the molecule is COc1cc(Cn2cnc3c(C)nc(N)nc32)c(Br)c(OC)c1C. The molecule has 126 valence electrons. The van der Waals surface area contributed by atoms with E-state index in [0.717, 1.165) is 38.3 Å². The zero-order valence-corrected chi connectivity index (χ0v) is 15.5. The van der Waals surface area contributed by atoms with E-state index < -0.39 is 0 Å². The van der Waals surface area contributed by atoms with E-state index in [4.69, 9.17) is 15.2 Å². The van der Waals surface area contributed by atoms with Gasteiger partial charge in [0.05, 0.1) is 37.3 Å². The van der Waals surface area contributed by atoms with Crippen molar-refractivity contribution < 1.29 is 9.47 Å². The van der Waals surface area contributed by atoms with E-state index in [1.54, 1.807) is 20.5 Å². The molecule has 0 unspecified atom stereocenters. The third-order valence-corrected chi connectivity index (χ3v) is 4.79. The maximum Gasteiger partial charge on any atom is 0.222 e. The second-order valence-corrected chi connectivity index (χ2v) is 6.22. The lowest BCUT2D eigenvalue weighted by atomic mass is 10.1. The molecular weight excluding hydrogens is 374 g/mol. The fourth-order valence-electron chi connectivity index (χ4n) is 2.73. The van der Waals surface area contributed by atoms with Crippen LogP contribution in [0.25, 0.3) is 11.2 Å². The van der Waals surface area contributed by atoms with E-state index in [2.05, 4.69) is 30.9 Å². The number of nitrogens with two attached hydrogens (primary N) is 1. The molecule has 0 saturated carbocycles. The number of rotatable bonds is 4. The zero-order chi connectivity index (χ0) is 17.4. The van der Waals surface area contributed by atoms with Crippen LogP contribution in [-0.4, -0.2) is 33.7 Å². The van der Waals surface area contributed by atoms with E-state index >= 15 is 0 Å². The highest BCUT2D eigenvalue weighted by molar-refractivity contribution is 9.10. The molecule has 8 heteroatoms. The molecule has 0 aliphatic heterocycles. The standard InChI is InChI=1S/C16H18BrN5O2/c1-8-11(23-3)5-10(12(17)14(8)24-4)6-22-7-19-13-9(2)20-16(18)21-15(13)22/h5,7H,6H2,1-4H3,(H2,18,20,21). The Bertz CT molecular complexity index is 923. The number of hydrogen-bond acceptors (Lipinski definition) is 6. The van der Waals surface area contributed by atoms with E-state index in [9.17, 15) is 0 Å². The van der Waals surface area contributed by atoms with Gasteiger partial charge in [-0.2, -0.15) is 4.98 Å². The quantitative estimate of drug-likeness (QED) is 0.735. The first-order valence-corrected chi connectivity index (χ1v) is 8.10. The first-order chi connectivity index (χ1) is 11.5. The average molecular weight is 392 g/mol. The van der Waals surface area contributed by atoms with Crippen LogP contribution < -0.4 is 15.2 Å². The number of anilines is 1. The van der Waals surface area contributed by atoms with Gasteiger partial charge in [-0.05, 0) is 41.4 Å². The van der Waals surface area contributed by atoms with Crippen LogP contribution >= 0.6 is 15.9 Å². The van der Waals surface area contributed by atoms with Crippen LogP contribution in [0.15, 0.2) is 16.9 Å². The average Bonchev–Trinajstić information content (AvgIpc) is 2.93. The van der Waals surface area contributed by atoms with E-state index in [1.807, 2.05) is 24.5 Å². The minimum atomic E-state index is 0.236. The lowest BCUT2D eigenvalue weighted by molar-refractivity contribution is 0.385. The Morgan fingerprint density at radius 2 is 1.96 bits per heavy atom. The highest BCUT2D eigenvalue weighted by Gasteiger charge is 2.17. The molecule has 3 rings (SSSR count). The van der Waals surface area contributed by atoms with Gasteiger partial charge in [-0.1, -0.05) is 0 Å². The van der Waals surface area contributed by atoms with Gasteiger partial charge in [0.1, 0.15) is 17.0 Å². The predicted molar refractivity (Wildman–Crippen MR) is 95.6 cm³/mol. The Morgan fingerprint density at radius 3 is 2.62 bits per heavy atom. The molecular formula is C16H18BrN5O2. The van der Waals surface area contributed by atoms with Crippen LogP contribution in [0.5, 0.6) is 11.5 Å². The summed E-state index contributed by atoms with van der Waals surface area (Å²) >= 11 is 3.62. The van der Waals surface area contributed by atoms with Crippen LogP contribution in [0.1, 0.15) is 16.8 Å². The van der Waals surface area contributed by atoms with Crippen LogP contribution in [-0.2, 0) is 6.54 Å². The van der Waals surface area contributed by atoms with Crippen LogP contribution in [0, 0.1) is 13.8 Å². The minimum Gasteiger partial charge on any atom is -0.496 e. The third kappa shape index (κ3) is 2.66. The molecule has 0 saturated heterocycles. The molecule has 0 aliphatic rings. The van der Waals surface area contributed by atoms with Crippen molar-refractivity contribution in [3.05, 3.63) is 33.7 Å². The van der Waals surface area contributed by atoms with Gasteiger partial charge in [-0.15, -0.1) is 0 Å². The van der Waals surface area contributed by atoms with Crippen molar-refractivity contribution in [3.63, 3.8) is 0 Å². The summed E-state index contributed by atoms with van der Waals surface area (Å²) in [6.45, 7) is 4.36. The Labute approximate surface area is 148 Å². The molecule has 24 heavy (non-hydrogen) atoms. The molecule has 0 amide bonds. The molecule has 2 heterocycles. The number of halogens is 1. The van der Waals surface area contributed by atoms with Crippen molar-refractivity contribution in [3.8, 4) is 11.5 Å².